The molecule has 1 aliphatic heterocycles. The van der Waals surface area contributed by atoms with Crippen LogP contribution >= 0.6 is 11.3 Å². The number of fused-ring (bicyclic) bond motifs is 6. The molecule has 34 heavy (non-hydrogen) atoms. The Morgan fingerprint density at radius 2 is 2.18 bits per heavy atom. The summed E-state index contributed by atoms with van der Waals surface area (Å²) in [6, 6.07) is 11.8. The van der Waals surface area contributed by atoms with Crippen LogP contribution < -0.4 is 21.3 Å². The van der Waals surface area contributed by atoms with Crippen LogP contribution in [0.5, 0.6) is 5.75 Å². The van der Waals surface area contributed by atoms with E-state index in [9.17, 15) is 9.59 Å². The molecule has 1 unspecified atom stereocenters. The molecule has 0 spiro atoms. The first-order valence-electron chi connectivity index (χ1n) is 11.4. The Bertz CT molecular complexity index is 1590. The first kappa shape index (κ1) is 21.1. The number of nitriles is 1. The van der Waals surface area contributed by atoms with Gasteiger partial charge in [0.2, 0.25) is 0 Å². The first-order valence-corrected chi connectivity index (χ1v) is 12.3. The Morgan fingerprint density at radius 3 is 3.00 bits per heavy atom. The van der Waals surface area contributed by atoms with Crippen LogP contribution in [0.3, 0.4) is 0 Å². The van der Waals surface area contributed by atoms with Crippen LogP contribution in [0.4, 0.5) is 0 Å². The van der Waals surface area contributed by atoms with E-state index in [2.05, 4.69) is 21.4 Å². The highest BCUT2D eigenvalue weighted by atomic mass is 32.1. The lowest BCUT2D eigenvalue weighted by Crippen LogP contribution is -2.37. The minimum atomic E-state index is -0.443. The number of methoxy groups -OCH3 is 1. The Labute approximate surface area is 198 Å². The van der Waals surface area contributed by atoms with Crippen molar-refractivity contribution in [1.82, 2.24) is 19.9 Å². The molecule has 172 valence electrons. The molecule has 9 heteroatoms. The number of hydrogen-bond acceptors (Lipinski definition) is 7. The Morgan fingerprint density at radius 1 is 1.29 bits per heavy atom. The second kappa shape index (κ2) is 8.08. The van der Waals surface area contributed by atoms with E-state index in [1.54, 1.807) is 19.2 Å². The average molecular weight is 474 g/mol. The lowest BCUT2D eigenvalue weighted by Gasteiger charge is -2.32. The fraction of sp³-hybridized carbons (Fsp3) is 0.360. The van der Waals surface area contributed by atoms with Gasteiger partial charge in [0.05, 0.1) is 17.3 Å². The largest absolute Gasteiger partial charge is 0.496 e. The maximum atomic E-state index is 13.3. The highest BCUT2D eigenvalue weighted by molar-refractivity contribution is 7.25. The van der Waals surface area contributed by atoms with Gasteiger partial charge >= 0.3 is 5.69 Å². The zero-order valence-electron chi connectivity index (χ0n) is 18.6. The van der Waals surface area contributed by atoms with Gasteiger partial charge in [0, 0.05) is 18.5 Å². The third-order valence-corrected chi connectivity index (χ3v) is 8.46. The lowest BCUT2D eigenvalue weighted by molar-refractivity contribution is 0.371. The number of pyridine rings is 1. The molecule has 3 atom stereocenters. The van der Waals surface area contributed by atoms with Crippen LogP contribution in [-0.4, -0.2) is 34.2 Å². The number of benzene rings is 1. The molecule has 1 saturated heterocycles. The van der Waals surface area contributed by atoms with E-state index in [4.69, 9.17) is 10.00 Å². The van der Waals surface area contributed by atoms with Gasteiger partial charge in [-0.1, -0.05) is 12.1 Å². The van der Waals surface area contributed by atoms with Crippen LogP contribution in [0.1, 0.15) is 35.6 Å². The lowest BCUT2D eigenvalue weighted by atomic mass is 9.73. The standard InChI is InChI=1S/C25H23N5O3S/c1-33-18-4-2-3-16-15(18)7-5-13-12-27-17(20(13)16)9-10-30-24(31)23-22(29-25(30)32)21-19(34-23)8-6-14(11-26)28-21/h2-4,6,8,13,17,20,27H,5,7,9-10,12H2,1H3,(H,29,32)/t13-,17?,20+/m0/s1. The van der Waals surface area contributed by atoms with Crippen molar-refractivity contribution in [2.75, 3.05) is 13.7 Å². The minimum Gasteiger partial charge on any atom is -0.496 e. The van der Waals surface area contributed by atoms with Gasteiger partial charge in [0.15, 0.2) is 0 Å². The molecule has 0 amide bonds. The van der Waals surface area contributed by atoms with Crippen LogP contribution in [0, 0.1) is 17.2 Å². The molecule has 0 radical (unpaired) electrons. The van der Waals surface area contributed by atoms with Gasteiger partial charge in [0.25, 0.3) is 5.56 Å². The molecule has 2 N–H and O–H groups in total. The maximum absolute atomic E-state index is 13.3. The summed E-state index contributed by atoms with van der Waals surface area (Å²) in [5, 5.41) is 12.8. The second-order valence-corrected chi connectivity index (χ2v) is 10.1. The molecule has 3 aromatic heterocycles. The Hall–Kier alpha value is -3.48. The zero-order valence-corrected chi connectivity index (χ0v) is 19.4. The van der Waals surface area contributed by atoms with Crippen molar-refractivity contribution in [2.24, 2.45) is 5.92 Å². The van der Waals surface area contributed by atoms with Gasteiger partial charge < -0.3 is 15.0 Å². The molecule has 1 fully saturated rings. The molecule has 0 saturated carbocycles. The van der Waals surface area contributed by atoms with E-state index in [1.807, 2.05) is 18.2 Å². The smallest absolute Gasteiger partial charge is 0.328 e. The van der Waals surface area contributed by atoms with Gasteiger partial charge in [-0.25, -0.2) is 9.78 Å². The van der Waals surface area contributed by atoms with E-state index < -0.39 is 5.69 Å². The molecule has 1 aromatic carbocycles. The summed E-state index contributed by atoms with van der Waals surface area (Å²) in [4.78, 5) is 33.3. The number of ether oxygens (including phenoxy) is 1. The van der Waals surface area contributed by atoms with Crippen molar-refractivity contribution in [1.29, 1.82) is 5.26 Å². The number of nitrogens with zero attached hydrogens (tertiary/aromatic N) is 3. The SMILES string of the molecule is COc1cccc2c1CC[C@H]1CNC(CCn3c(=O)[nH]c4c(sc5ccc(C#N)nc54)c3=O)[C@@H]21. The second-order valence-electron chi connectivity index (χ2n) is 9.00. The molecule has 6 rings (SSSR count). The highest BCUT2D eigenvalue weighted by Crippen LogP contribution is 2.45. The van der Waals surface area contributed by atoms with Crippen molar-refractivity contribution < 1.29 is 4.74 Å². The number of nitrogens with one attached hydrogen (secondary N) is 2. The van der Waals surface area contributed by atoms with Crippen molar-refractivity contribution in [3.63, 3.8) is 0 Å². The van der Waals surface area contributed by atoms with Crippen molar-refractivity contribution in [3.8, 4) is 11.8 Å². The van der Waals surface area contributed by atoms with Gasteiger partial charge in [-0.15, -0.1) is 11.3 Å². The van der Waals surface area contributed by atoms with Gasteiger partial charge in [0.1, 0.15) is 27.7 Å². The fourth-order valence-electron chi connectivity index (χ4n) is 5.77. The van der Waals surface area contributed by atoms with Crippen molar-refractivity contribution in [3.05, 3.63) is 68.0 Å². The molecular formula is C25H23N5O3S. The number of H-pyrrole nitrogens is 1. The summed E-state index contributed by atoms with van der Waals surface area (Å²) in [5.41, 5.74) is 3.02. The highest BCUT2D eigenvalue weighted by Gasteiger charge is 2.40. The topological polar surface area (TPSA) is 113 Å². The van der Waals surface area contributed by atoms with Gasteiger partial charge in [-0.2, -0.15) is 5.26 Å². The third-order valence-electron chi connectivity index (χ3n) is 7.33. The van der Waals surface area contributed by atoms with Crippen molar-refractivity contribution >= 4 is 31.8 Å². The maximum Gasteiger partial charge on any atom is 0.328 e. The molecule has 4 heterocycles. The van der Waals surface area contributed by atoms with Crippen LogP contribution in [-0.2, 0) is 13.0 Å². The molecule has 2 aliphatic rings. The molecule has 8 nitrogen and oxygen atoms in total. The molecule has 0 bridgehead atoms. The van der Waals surface area contributed by atoms with E-state index in [0.29, 0.717) is 40.5 Å². The zero-order chi connectivity index (χ0) is 23.4. The summed E-state index contributed by atoms with van der Waals surface area (Å²) < 4.78 is 8.13. The number of aromatic nitrogens is 3. The molecular weight excluding hydrogens is 450 g/mol. The van der Waals surface area contributed by atoms with E-state index in [-0.39, 0.29) is 17.3 Å². The summed E-state index contributed by atoms with van der Waals surface area (Å²) in [6.45, 7) is 1.27. The Kier molecular flexibility index (Phi) is 5.01. The summed E-state index contributed by atoms with van der Waals surface area (Å²) >= 11 is 1.30. The van der Waals surface area contributed by atoms with Crippen LogP contribution in [0.25, 0.3) is 20.4 Å². The van der Waals surface area contributed by atoms with Gasteiger partial charge in [-0.05, 0) is 61.1 Å². The first-order chi connectivity index (χ1) is 16.6. The Balaban J connectivity index is 1.33. The third kappa shape index (κ3) is 3.17. The molecule has 1 aliphatic carbocycles. The van der Waals surface area contributed by atoms with Crippen LogP contribution in [0.2, 0.25) is 0 Å². The number of hydrogen-bond donors (Lipinski definition) is 2. The predicted molar refractivity (Wildman–Crippen MR) is 131 cm³/mol. The summed E-state index contributed by atoms with van der Waals surface area (Å²) in [6.07, 6.45) is 2.79. The fourth-order valence-corrected chi connectivity index (χ4v) is 6.82. The van der Waals surface area contributed by atoms with Crippen LogP contribution in [0.15, 0.2) is 39.9 Å². The number of thiophene rings is 1. The van der Waals surface area contributed by atoms with E-state index in [0.717, 1.165) is 29.8 Å². The number of rotatable bonds is 4. The molecule has 4 aromatic rings. The average Bonchev–Trinajstić information content (AvgIpc) is 3.44. The minimum absolute atomic E-state index is 0.181. The number of aromatic amines is 1. The summed E-state index contributed by atoms with van der Waals surface area (Å²) in [7, 11) is 1.71. The van der Waals surface area contributed by atoms with Gasteiger partial charge in [-0.3, -0.25) is 9.36 Å². The van der Waals surface area contributed by atoms with E-state index in [1.165, 1.54) is 27.0 Å². The monoisotopic (exact) mass is 473 g/mol. The summed E-state index contributed by atoms with van der Waals surface area (Å²) in [5.74, 6) is 1.83. The normalized spacial score (nSPS) is 21.4. The predicted octanol–water partition coefficient (Wildman–Crippen LogP) is 2.89. The van der Waals surface area contributed by atoms with E-state index >= 15 is 0 Å². The quantitative estimate of drug-likeness (QED) is 0.471. The van der Waals surface area contributed by atoms with Crippen molar-refractivity contribution in [2.45, 2.75) is 37.8 Å².